The number of unbranched alkanes of at least 4 members (excludes halogenated alkanes) is 1. The molecule has 0 aliphatic rings. The molecule has 0 amide bonds. The van der Waals surface area contributed by atoms with Crippen molar-refractivity contribution in [3.8, 4) is 11.5 Å². The lowest BCUT2D eigenvalue weighted by atomic mass is 10.1. The third-order valence-electron chi connectivity index (χ3n) is 3.90. The fraction of sp³-hybridized carbons (Fsp3) is 0.400. The zero-order valence-electron chi connectivity index (χ0n) is 15.7. The van der Waals surface area contributed by atoms with Gasteiger partial charge in [-0.25, -0.2) is 8.42 Å². The Bertz CT molecular complexity index is 805. The van der Waals surface area contributed by atoms with Gasteiger partial charge in [-0.15, -0.1) is 0 Å². The van der Waals surface area contributed by atoms with Gasteiger partial charge in [-0.2, -0.15) is 0 Å². The molecule has 0 radical (unpaired) electrons. The van der Waals surface area contributed by atoms with Gasteiger partial charge in [-0.1, -0.05) is 38.5 Å². The van der Waals surface area contributed by atoms with E-state index in [4.69, 9.17) is 4.74 Å². The average Bonchev–Trinajstić information content (AvgIpc) is 2.61. The smallest absolute Gasteiger partial charge is 0.179 e. The molecule has 0 aliphatic carbocycles. The van der Waals surface area contributed by atoms with Crippen molar-refractivity contribution in [3.63, 3.8) is 0 Å². The van der Waals surface area contributed by atoms with Crippen molar-refractivity contribution in [2.75, 3.05) is 24.7 Å². The van der Waals surface area contributed by atoms with Gasteiger partial charge in [0, 0.05) is 19.3 Å². The SMILES string of the molecule is CCCCNc1cc(CNCC)cc(S(C)(=O)=O)c1Oc1ccccc1. The monoisotopic (exact) mass is 376 g/mol. The van der Waals surface area contributed by atoms with Gasteiger partial charge in [-0.3, -0.25) is 0 Å². The van der Waals surface area contributed by atoms with Crippen LogP contribution in [-0.2, 0) is 16.4 Å². The maximum atomic E-state index is 12.4. The third kappa shape index (κ3) is 5.75. The number of anilines is 1. The second kappa shape index (κ2) is 9.59. The number of hydrogen-bond acceptors (Lipinski definition) is 5. The van der Waals surface area contributed by atoms with Gasteiger partial charge in [0.15, 0.2) is 15.6 Å². The van der Waals surface area contributed by atoms with Crippen molar-refractivity contribution in [1.29, 1.82) is 0 Å². The number of para-hydroxylation sites is 1. The van der Waals surface area contributed by atoms with Crippen LogP contribution in [-0.4, -0.2) is 27.8 Å². The molecule has 0 aliphatic heterocycles. The summed E-state index contributed by atoms with van der Waals surface area (Å²) in [4.78, 5) is 0.204. The topological polar surface area (TPSA) is 67.4 Å². The molecule has 2 aromatic carbocycles. The molecule has 0 atom stereocenters. The van der Waals surface area contributed by atoms with E-state index >= 15 is 0 Å². The highest BCUT2D eigenvalue weighted by molar-refractivity contribution is 7.90. The van der Waals surface area contributed by atoms with Gasteiger partial charge in [0.25, 0.3) is 0 Å². The van der Waals surface area contributed by atoms with E-state index in [1.54, 1.807) is 6.07 Å². The van der Waals surface area contributed by atoms with Crippen molar-refractivity contribution in [1.82, 2.24) is 5.32 Å². The molecule has 0 saturated heterocycles. The third-order valence-corrected chi connectivity index (χ3v) is 5.00. The lowest BCUT2D eigenvalue weighted by Crippen LogP contribution is -2.14. The molecule has 142 valence electrons. The Morgan fingerprint density at radius 2 is 1.81 bits per heavy atom. The molecular weight excluding hydrogens is 348 g/mol. The molecule has 6 heteroatoms. The number of ether oxygens (including phenoxy) is 1. The normalized spacial score (nSPS) is 11.3. The molecule has 0 saturated carbocycles. The Kier molecular flexibility index (Phi) is 7.48. The van der Waals surface area contributed by atoms with Crippen LogP contribution in [0.5, 0.6) is 11.5 Å². The summed E-state index contributed by atoms with van der Waals surface area (Å²) in [5, 5.41) is 6.59. The fourth-order valence-corrected chi connectivity index (χ4v) is 3.40. The Hall–Kier alpha value is -2.05. The average molecular weight is 377 g/mol. The molecule has 0 bridgehead atoms. The van der Waals surface area contributed by atoms with Crippen molar-refractivity contribution in [2.24, 2.45) is 0 Å². The Morgan fingerprint density at radius 3 is 2.42 bits per heavy atom. The zero-order valence-corrected chi connectivity index (χ0v) is 16.5. The van der Waals surface area contributed by atoms with Gasteiger partial charge in [0.1, 0.15) is 10.6 Å². The van der Waals surface area contributed by atoms with E-state index in [9.17, 15) is 8.42 Å². The van der Waals surface area contributed by atoms with Gasteiger partial charge in [-0.05, 0) is 42.8 Å². The fourth-order valence-electron chi connectivity index (χ4n) is 2.55. The number of nitrogens with one attached hydrogen (secondary N) is 2. The van der Waals surface area contributed by atoms with Gasteiger partial charge in [0.2, 0.25) is 0 Å². The van der Waals surface area contributed by atoms with Crippen LogP contribution in [0, 0.1) is 0 Å². The molecule has 0 heterocycles. The van der Waals surface area contributed by atoms with Gasteiger partial charge < -0.3 is 15.4 Å². The maximum Gasteiger partial charge on any atom is 0.179 e. The summed E-state index contributed by atoms with van der Waals surface area (Å²) < 4.78 is 30.8. The first-order valence-corrected chi connectivity index (χ1v) is 10.9. The second-order valence-electron chi connectivity index (χ2n) is 6.22. The van der Waals surface area contributed by atoms with Crippen LogP contribution in [0.2, 0.25) is 0 Å². The summed E-state index contributed by atoms with van der Waals surface area (Å²) in [6.45, 7) is 6.31. The molecule has 26 heavy (non-hydrogen) atoms. The highest BCUT2D eigenvalue weighted by atomic mass is 32.2. The minimum atomic E-state index is -3.45. The quantitative estimate of drug-likeness (QED) is 0.608. The summed E-state index contributed by atoms with van der Waals surface area (Å²) >= 11 is 0. The predicted molar refractivity (Wildman–Crippen MR) is 107 cm³/mol. The lowest BCUT2D eigenvalue weighted by Gasteiger charge is -2.18. The number of rotatable bonds is 10. The van der Waals surface area contributed by atoms with E-state index in [1.807, 2.05) is 43.3 Å². The van der Waals surface area contributed by atoms with E-state index in [-0.39, 0.29) is 4.90 Å². The maximum absolute atomic E-state index is 12.4. The van der Waals surface area contributed by atoms with Crippen LogP contribution in [0.1, 0.15) is 32.3 Å². The molecule has 2 N–H and O–H groups in total. The molecule has 2 rings (SSSR count). The summed E-state index contributed by atoms with van der Waals surface area (Å²) in [7, 11) is -3.45. The van der Waals surface area contributed by atoms with Crippen molar-refractivity contribution >= 4 is 15.5 Å². The number of sulfone groups is 1. The van der Waals surface area contributed by atoms with E-state index < -0.39 is 9.84 Å². The molecule has 0 unspecified atom stereocenters. The molecule has 2 aromatic rings. The summed E-state index contributed by atoms with van der Waals surface area (Å²) in [6, 6.07) is 12.9. The minimum Gasteiger partial charge on any atom is -0.454 e. The minimum absolute atomic E-state index is 0.204. The molecule has 0 fully saturated rings. The standard InChI is InChI=1S/C20H28N2O3S/c1-4-6-12-22-18-13-16(15-21-5-2)14-19(26(3,23)24)20(18)25-17-10-8-7-9-11-17/h7-11,13-14,21-22H,4-6,12,15H2,1-3H3. The van der Waals surface area contributed by atoms with Crippen LogP contribution < -0.4 is 15.4 Å². The van der Waals surface area contributed by atoms with Crippen LogP contribution in [0.3, 0.4) is 0 Å². The summed E-state index contributed by atoms with van der Waals surface area (Å²) in [6.07, 6.45) is 3.27. The van der Waals surface area contributed by atoms with E-state index in [2.05, 4.69) is 17.6 Å². The van der Waals surface area contributed by atoms with Crippen molar-refractivity contribution < 1.29 is 13.2 Å². The van der Waals surface area contributed by atoms with Crippen LogP contribution in [0.25, 0.3) is 0 Å². The first-order valence-electron chi connectivity index (χ1n) is 9.00. The summed E-state index contributed by atoms with van der Waals surface area (Å²) in [5.74, 6) is 0.963. The van der Waals surface area contributed by atoms with Crippen LogP contribution >= 0.6 is 0 Å². The van der Waals surface area contributed by atoms with Gasteiger partial charge >= 0.3 is 0 Å². The first-order chi connectivity index (χ1) is 12.5. The largest absolute Gasteiger partial charge is 0.454 e. The molecule has 5 nitrogen and oxygen atoms in total. The Balaban J connectivity index is 2.51. The Labute approximate surface area is 156 Å². The predicted octanol–water partition coefficient (Wildman–Crippen LogP) is 4.20. The second-order valence-corrected chi connectivity index (χ2v) is 8.20. The van der Waals surface area contributed by atoms with Crippen LogP contribution in [0.15, 0.2) is 47.4 Å². The van der Waals surface area contributed by atoms with Crippen molar-refractivity contribution in [2.45, 2.75) is 38.1 Å². The van der Waals surface area contributed by atoms with E-state index in [0.717, 1.165) is 31.5 Å². The number of benzene rings is 2. The first kappa shape index (κ1) is 20.3. The van der Waals surface area contributed by atoms with Gasteiger partial charge in [0.05, 0.1) is 5.69 Å². The molecule has 0 spiro atoms. The van der Waals surface area contributed by atoms with Crippen molar-refractivity contribution in [3.05, 3.63) is 48.0 Å². The van der Waals surface area contributed by atoms with E-state index in [0.29, 0.717) is 23.7 Å². The molecule has 0 aromatic heterocycles. The highest BCUT2D eigenvalue weighted by Crippen LogP contribution is 2.37. The highest BCUT2D eigenvalue weighted by Gasteiger charge is 2.21. The number of hydrogen-bond donors (Lipinski definition) is 2. The van der Waals surface area contributed by atoms with E-state index in [1.165, 1.54) is 6.26 Å². The Morgan fingerprint density at radius 1 is 1.08 bits per heavy atom. The van der Waals surface area contributed by atoms with Crippen LogP contribution in [0.4, 0.5) is 5.69 Å². The molecular formula is C20H28N2O3S. The lowest BCUT2D eigenvalue weighted by molar-refractivity contribution is 0.469. The zero-order chi connectivity index (χ0) is 19.0. The summed E-state index contributed by atoms with van der Waals surface area (Å²) in [5.41, 5.74) is 1.62.